The van der Waals surface area contributed by atoms with Gasteiger partial charge >= 0.3 is 12.0 Å². The van der Waals surface area contributed by atoms with Gasteiger partial charge in [0.05, 0.1) is 5.69 Å². The fraction of sp³-hybridized carbons (Fsp3) is 0.278. The number of likely N-dealkylation sites (tertiary alicyclic amines) is 1. The highest BCUT2D eigenvalue weighted by Crippen LogP contribution is 2.28. The number of rotatable bonds is 2. The van der Waals surface area contributed by atoms with E-state index in [0.29, 0.717) is 19.0 Å². The van der Waals surface area contributed by atoms with Crippen LogP contribution in [-0.2, 0) is 0 Å². The molecule has 0 unspecified atom stereocenters. The van der Waals surface area contributed by atoms with E-state index in [4.69, 9.17) is 10.2 Å². The van der Waals surface area contributed by atoms with Crippen molar-refractivity contribution in [3.05, 3.63) is 48.4 Å². The van der Waals surface area contributed by atoms with Crippen LogP contribution in [0.15, 0.2) is 46.9 Å². The van der Waals surface area contributed by atoms with Gasteiger partial charge in [0.15, 0.2) is 0 Å². The standard InChI is InChI=1S/C18H19N5O2/c19-17-22-21-16(25-17)13-8-10-23(11-9-13)18(24)20-15-7-3-5-12-4-1-2-6-14(12)15/h1-7,13H,8-11H2,(H2,19,22)(H,20,24). The first-order valence-corrected chi connectivity index (χ1v) is 8.33. The number of nitrogens with two attached hydrogens (primary N) is 1. The summed E-state index contributed by atoms with van der Waals surface area (Å²) in [7, 11) is 0. The second-order valence-electron chi connectivity index (χ2n) is 6.20. The average molecular weight is 337 g/mol. The lowest BCUT2D eigenvalue weighted by atomic mass is 9.97. The number of aromatic nitrogens is 2. The van der Waals surface area contributed by atoms with E-state index in [1.807, 2.05) is 47.4 Å². The predicted molar refractivity (Wildman–Crippen MR) is 95.2 cm³/mol. The quantitative estimate of drug-likeness (QED) is 0.748. The van der Waals surface area contributed by atoms with Crippen molar-refractivity contribution in [2.75, 3.05) is 24.1 Å². The number of carbonyl (C=O) groups excluding carboxylic acids is 1. The molecule has 1 aromatic heterocycles. The van der Waals surface area contributed by atoms with E-state index < -0.39 is 0 Å². The third-order valence-electron chi connectivity index (χ3n) is 4.62. The molecule has 2 heterocycles. The van der Waals surface area contributed by atoms with Gasteiger partial charge in [-0.3, -0.25) is 0 Å². The summed E-state index contributed by atoms with van der Waals surface area (Å²) in [5.74, 6) is 0.720. The molecule has 3 aromatic rings. The number of amides is 2. The Morgan fingerprint density at radius 2 is 1.88 bits per heavy atom. The van der Waals surface area contributed by atoms with Gasteiger partial charge in [0, 0.05) is 24.4 Å². The van der Waals surface area contributed by atoms with Crippen molar-refractivity contribution in [1.82, 2.24) is 15.1 Å². The second-order valence-corrected chi connectivity index (χ2v) is 6.20. The summed E-state index contributed by atoms with van der Waals surface area (Å²) >= 11 is 0. The molecule has 0 bridgehead atoms. The van der Waals surface area contributed by atoms with E-state index in [1.165, 1.54) is 0 Å². The number of nitrogens with zero attached hydrogens (tertiary/aromatic N) is 3. The van der Waals surface area contributed by atoms with Crippen molar-refractivity contribution in [3.8, 4) is 0 Å². The molecule has 2 amide bonds. The fourth-order valence-electron chi connectivity index (χ4n) is 3.27. The highest BCUT2D eigenvalue weighted by molar-refractivity contribution is 6.01. The molecule has 0 saturated carbocycles. The molecule has 7 nitrogen and oxygen atoms in total. The van der Waals surface area contributed by atoms with Gasteiger partial charge in [-0.05, 0) is 24.3 Å². The van der Waals surface area contributed by atoms with Gasteiger partial charge in [0.2, 0.25) is 5.89 Å². The molecular formula is C18H19N5O2. The monoisotopic (exact) mass is 337 g/mol. The smallest absolute Gasteiger partial charge is 0.321 e. The molecule has 3 N–H and O–H groups in total. The minimum atomic E-state index is -0.0835. The first-order valence-electron chi connectivity index (χ1n) is 8.33. The van der Waals surface area contributed by atoms with Crippen LogP contribution in [-0.4, -0.2) is 34.2 Å². The number of hydrogen-bond donors (Lipinski definition) is 2. The van der Waals surface area contributed by atoms with Crippen LogP contribution >= 0.6 is 0 Å². The van der Waals surface area contributed by atoms with Crippen LogP contribution in [0.3, 0.4) is 0 Å². The molecule has 1 fully saturated rings. The molecule has 0 atom stereocenters. The molecule has 0 aliphatic carbocycles. The zero-order chi connectivity index (χ0) is 17.2. The molecule has 4 rings (SSSR count). The highest BCUT2D eigenvalue weighted by Gasteiger charge is 2.27. The number of benzene rings is 2. The summed E-state index contributed by atoms with van der Waals surface area (Å²) in [4.78, 5) is 14.4. The summed E-state index contributed by atoms with van der Waals surface area (Å²) in [6.45, 7) is 1.28. The number of nitrogens with one attached hydrogen (secondary N) is 1. The summed E-state index contributed by atoms with van der Waals surface area (Å²) in [6, 6.07) is 13.9. The Morgan fingerprint density at radius 3 is 2.64 bits per heavy atom. The molecule has 25 heavy (non-hydrogen) atoms. The van der Waals surface area contributed by atoms with Crippen LogP contribution in [0.25, 0.3) is 10.8 Å². The van der Waals surface area contributed by atoms with Crippen LogP contribution in [0.5, 0.6) is 0 Å². The number of carbonyl (C=O) groups is 1. The van der Waals surface area contributed by atoms with E-state index in [1.54, 1.807) is 0 Å². The lowest BCUT2D eigenvalue weighted by molar-refractivity contribution is 0.190. The number of hydrogen-bond acceptors (Lipinski definition) is 5. The minimum Gasteiger partial charge on any atom is -0.408 e. The highest BCUT2D eigenvalue weighted by atomic mass is 16.4. The Kier molecular flexibility index (Phi) is 3.97. The topological polar surface area (TPSA) is 97.3 Å². The second kappa shape index (κ2) is 6.43. The Bertz CT molecular complexity index is 894. The van der Waals surface area contributed by atoms with Gasteiger partial charge in [-0.1, -0.05) is 41.5 Å². The molecular weight excluding hydrogens is 318 g/mol. The Labute approximate surface area is 144 Å². The Hall–Kier alpha value is -3.09. The van der Waals surface area contributed by atoms with E-state index in [9.17, 15) is 4.79 Å². The van der Waals surface area contributed by atoms with Gasteiger partial charge in [0.25, 0.3) is 0 Å². The number of anilines is 2. The molecule has 7 heteroatoms. The van der Waals surface area contributed by atoms with Crippen molar-refractivity contribution < 1.29 is 9.21 Å². The first kappa shape index (κ1) is 15.4. The van der Waals surface area contributed by atoms with Crippen molar-refractivity contribution in [2.24, 2.45) is 0 Å². The number of urea groups is 1. The number of fused-ring (bicyclic) bond motifs is 1. The van der Waals surface area contributed by atoms with Crippen LogP contribution in [0.2, 0.25) is 0 Å². The van der Waals surface area contributed by atoms with Crippen molar-refractivity contribution in [1.29, 1.82) is 0 Å². The fourth-order valence-corrected chi connectivity index (χ4v) is 3.27. The molecule has 1 aliphatic rings. The Balaban J connectivity index is 1.42. The van der Waals surface area contributed by atoms with Gasteiger partial charge in [-0.2, -0.15) is 0 Å². The summed E-state index contributed by atoms with van der Waals surface area (Å²) < 4.78 is 5.30. The molecule has 0 radical (unpaired) electrons. The maximum Gasteiger partial charge on any atom is 0.321 e. The van der Waals surface area contributed by atoms with Crippen LogP contribution in [0.4, 0.5) is 16.5 Å². The predicted octanol–water partition coefficient (Wildman–Crippen LogP) is 3.22. The lowest BCUT2D eigenvalue weighted by Gasteiger charge is -2.30. The zero-order valence-corrected chi connectivity index (χ0v) is 13.7. The SMILES string of the molecule is Nc1nnc(C2CCN(C(=O)Nc3cccc4ccccc34)CC2)o1. The maximum absolute atomic E-state index is 12.6. The van der Waals surface area contributed by atoms with Crippen LogP contribution in [0, 0.1) is 0 Å². The normalized spacial score (nSPS) is 15.4. The van der Waals surface area contributed by atoms with Gasteiger partial charge in [-0.25, -0.2) is 4.79 Å². The van der Waals surface area contributed by atoms with Crippen LogP contribution < -0.4 is 11.1 Å². The van der Waals surface area contributed by atoms with Crippen molar-refractivity contribution in [2.45, 2.75) is 18.8 Å². The number of piperidine rings is 1. The lowest BCUT2D eigenvalue weighted by Crippen LogP contribution is -2.40. The minimum absolute atomic E-state index is 0.0835. The summed E-state index contributed by atoms with van der Waals surface area (Å²) in [5.41, 5.74) is 6.31. The first-order chi connectivity index (χ1) is 12.2. The molecule has 1 aliphatic heterocycles. The van der Waals surface area contributed by atoms with E-state index >= 15 is 0 Å². The van der Waals surface area contributed by atoms with Crippen molar-refractivity contribution in [3.63, 3.8) is 0 Å². The molecule has 0 spiro atoms. The maximum atomic E-state index is 12.6. The van der Waals surface area contributed by atoms with Gasteiger partial charge in [0.1, 0.15) is 0 Å². The Morgan fingerprint density at radius 1 is 1.12 bits per heavy atom. The van der Waals surface area contributed by atoms with Gasteiger partial charge < -0.3 is 20.4 Å². The molecule has 2 aromatic carbocycles. The third-order valence-corrected chi connectivity index (χ3v) is 4.62. The average Bonchev–Trinajstić information content (AvgIpc) is 3.08. The summed E-state index contributed by atoms with van der Waals surface area (Å²) in [5, 5.41) is 12.8. The largest absolute Gasteiger partial charge is 0.408 e. The zero-order valence-electron chi connectivity index (χ0n) is 13.7. The van der Waals surface area contributed by atoms with E-state index in [0.717, 1.165) is 29.3 Å². The van der Waals surface area contributed by atoms with E-state index in [2.05, 4.69) is 15.5 Å². The van der Waals surface area contributed by atoms with Crippen molar-refractivity contribution >= 4 is 28.5 Å². The van der Waals surface area contributed by atoms with Gasteiger partial charge in [-0.15, -0.1) is 5.10 Å². The van der Waals surface area contributed by atoms with Crippen LogP contribution in [0.1, 0.15) is 24.7 Å². The number of nitrogen functional groups attached to an aromatic ring is 1. The summed E-state index contributed by atoms with van der Waals surface area (Å²) in [6.07, 6.45) is 1.56. The van der Waals surface area contributed by atoms with E-state index in [-0.39, 0.29) is 18.0 Å². The molecule has 128 valence electrons. The third kappa shape index (κ3) is 3.13. The molecule has 1 saturated heterocycles.